The van der Waals surface area contributed by atoms with Gasteiger partial charge >= 0.3 is 0 Å². The van der Waals surface area contributed by atoms with Crippen LogP contribution in [0.3, 0.4) is 0 Å². The zero-order chi connectivity index (χ0) is 10.8. The molecule has 0 spiro atoms. The molecule has 0 aromatic rings. The quantitative estimate of drug-likeness (QED) is 0.263. The third kappa shape index (κ3) is 9.45. The predicted octanol–water partition coefficient (Wildman–Crippen LogP) is -1.18. The highest BCUT2D eigenvalue weighted by Gasteiger charge is 1.96. The number of nitrogens with zero attached hydrogens (tertiary/aromatic N) is 2. The van der Waals surface area contributed by atoms with Crippen LogP contribution in [0.1, 0.15) is 12.8 Å². The van der Waals surface area contributed by atoms with Crippen molar-refractivity contribution >= 4 is 24.1 Å². The molecule has 7 heteroatoms. The molecule has 0 radical (unpaired) electrons. The summed E-state index contributed by atoms with van der Waals surface area (Å²) in [6, 6.07) is 0. The monoisotopic (exact) mass is 236 g/mol. The van der Waals surface area contributed by atoms with E-state index in [1.165, 1.54) is 0 Å². The molecule has 0 aromatic heterocycles. The van der Waals surface area contributed by atoms with E-state index < -0.39 is 0 Å². The van der Waals surface area contributed by atoms with Crippen molar-refractivity contribution in [3.8, 4) is 0 Å². The molecule has 6 nitrogen and oxygen atoms in total. The van der Waals surface area contributed by atoms with Crippen LogP contribution in [0.25, 0.3) is 0 Å². The Morgan fingerprint density at radius 2 is 1.13 bits per heavy atom. The summed E-state index contributed by atoms with van der Waals surface area (Å²) in [4.78, 5) is 8.04. The number of halogens is 1. The van der Waals surface area contributed by atoms with Gasteiger partial charge in [-0.15, -0.1) is 12.4 Å². The fourth-order valence-electron chi connectivity index (χ4n) is 0.744. The third-order valence-electron chi connectivity index (χ3n) is 1.55. The standard InChI is InChI=1S/C8H20N6.ClH/c9-3-1-5-13-7(11)8(12)14-6-2-4-10;/h1-6,9-10H2,(H2,11,13)(H2,12,14);1H. The summed E-state index contributed by atoms with van der Waals surface area (Å²) in [7, 11) is 0. The van der Waals surface area contributed by atoms with Crippen LogP contribution in [0.2, 0.25) is 0 Å². The Morgan fingerprint density at radius 3 is 1.40 bits per heavy atom. The molecule has 0 aromatic carbocycles. The van der Waals surface area contributed by atoms with Gasteiger partial charge in [-0.25, -0.2) is 0 Å². The molecule has 0 fully saturated rings. The van der Waals surface area contributed by atoms with Gasteiger partial charge in [-0.2, -0.15) is 0 Å². The van der Waals surface area contributed by atoms with Crippen LogP contribution in [0.4, 0.5) is 0 Å². The lowest BCUT2D eigenvalue weighted by atomic mass is 10.4. The van der Waals surface area contributed by atoms with Gasteiger partial charge < -0.3 is 22.9 Å². The van der Waals surface area contributed by atoms with Crippen molar-refractivity contribution < 1.29 is 0 Å². The second kappa shape index (κ2) is 11.2. The maximum atomic E-state index is 5.56. The highest BCUT2D eigenvalue weighted by molar-refractivity contribution is 6.39. The van der Waals surface area contributed by atoms with Gasteiger partial charge in [0.05, 0.1) is 0 Å². The summed E-state index contributed by atoms with van der Waals surface area (Å²) in [5, 5.41) is 0. The summed E-state index contributed by atoms with van der Waals surface area (Å²) in [6.07, 6.45) is 1.60. The Morgan fingerprint density at radius 1 is 0.800 bits per heavy atom. The topological polar surface area (TPSA) is 129 Å². The van der Waals surface area contributed by atoms with Gasteiger partial charge in [-0.05, 0) is 25.9 Å². The zero-order valence-electron chi connectivity index (χ0n) is 8.85. The normalized spacial score (nSPS) is 12.4. The van der Waals surface area contributed by atoms with Crippen LogP contribution < -0.4 is 22.9 Å². The van der Waals surface area contributed by atoms with Crippen molar-refractivity contribution in [1.82, 2.24) is 0 Å². The molecule has 0 amide bonds. The molecule has 90 valence electrons. The first-order valence-corrected chi connectivity index (χ1v) is 4.72. The van der Waals surface area contributed by atoms with Crippen LogP contribution in [-0.4, -0.2) is 37.9 Å². The van der Waals surface area contributed by atoms with E-state index in [9.17, 15) is 0 Å². The molecular formula is C8H21ClN6. The Hall–Kier alpha value is -0.850. The van der Waals surface area contributed by atoms with Crippen LogP contribution in [0.15, 0.2) is 9.98 Å². The van der Waals surface area contributed by atoms with Crippen molar-refractivity contribution in [1.29, 1.82) is 0 Å². The summed E-state index contributed by atoms with van der Waals surface area (Å²) in [6.45, 7) is 2.38. The predicted molar refractivity (Wildman–Crippen MR) is 67.6 cm³/mol. The fraction of sp³-hybridized carbons (Fsp3) is 0.750. The summed E-state index contributed by atoms with van der Waals surface area (Å²) in [5.41, 5.74) is 21.7. The number of rotatable bonds is 6. The maximum Gasteiger partial charge on any atom is 0.161 e. The Kier molecular flexibility index (Phi) is 12.4. The van der Waals surface area contributed by atoms with E-state index in [2.05, 4.69) is 9.98 Å². The molecule has 8 N–H and O–H groups in total. The minimum atomic E-state index is 0. The fourth-order valence-corrected chi connectivity index (χ4v) is 0.744. The molecule has 0 bridgehead atoms. The van der Waals surface area contributed by atoms with Gasteiger partial charge in [0.15, 0.2) is 11.7 Å². The molecule has 0 atom stereocenters. The van der Waals surface area contributed by atoms with Crippen molar-refractivity contribution in [2.75, 3.05) is 26.2 Å². The van der Waals surface area contributed by atoms with E-state index in [1.807, 2.05) is 0 Å². The van der Waals surface area contributed by atoms with E-state index in [-0.39, 0.29) is 24.1 Å². The van der Waals surface area contributed by atoms with Gasteiger partial charge in [-0.1, -0.05) is 0 Å². The van der Waals surface area contributed by atoms with Gasteiger partial charge in [0.1, 0.15) is 0 Å². The maximum absolute atomic E-state index is 5.56. The minimum Gasteiger partial charge on any atom is -0.381 e. The second-order valence-corrected chi connectivity index (χ2v) is 2.82. The number of amidine groups is 2. The highest BCUT2D eigenvalue weighted by Crippen LogP contribution is 1.82. The molecular weight excluding hydrogens is 216 g/mol. The lowest BCUT2D eigenvalue weighted by Crippen LogP contribution is -2.32. The van der Waals surface area contributed by atoms with Crippen molar-refractivity contribution in [3.05, 3.63) is 0 Å². The first kappa shape index (κ1) is 16.6. The van der Waals surface area contributed by atoms with Crippen molar-refractivity contribution in [2.24, 2.45) is 32.9 Å². The van der Waals surface area contributed by atoms with Crippen LogP contribution in [0.5, 0.6) is 0 Å². The van der Waals surface area contributed by atoms with E-state index in [0.29, 0.717) is 26.2 Å². The SMILES string of the molecule is Cl.NCCCN=C(N)C(N)=NCCCN. The number of hydrogen-bond acceptors (Lipinski definition) is 4. The van der Waals surface area contributed by atoms with Gasteiger partial charge in [0, 0.05) is 13.1 Å². The van der Waals surface area contributed by atoms with E-state index in [4.69, 9.17) is 22.9 Å². The number of aliphatic imine (C=N–C) groups is 2. The first-order valence-electron chi connectivity index (χ1n) is 4.72. The molecule has 0 aliphatic carbocycles. The summed E-state index contributed by atoms with van der Waals surface area (Å²) < 4.78 is 0. The highest BCUT2D eigenvalue weighted by atomic mass is 35.5. The van der Waals surface area contributed by atoms with E-state index >= 15 is 0 Å². The second-order valence-electron chi connectivity index (χ2n) is 2.82. The zero-order valence-corrected chi connectivity index (χ0v) is 9.67. The van der Waals surface area contributed by atoms with E-state index in [0.717, 1.165) is 12.8 Å². The number of hydrogen-bond donors (Lipinski definition) is 4. The molecule has 15 heavy (non-hydrogen) atoms. The van der Waals surface area contributed by atoms with Crippen LogP contribution >= 0.6 is 12.4 Å². The van der Waals surface area contributed by atoms with Crippen LogP contribution in [0, 0.1) is 0 Å². The molecule has 0 rings (SSSR count). The average molecular weight is 237 g/mol. The average Bonchev–Trinajstić information content (AvgIpc) is 2.18. The molecule has 0 heterocycles. The van der Waals surface area contributed by atoms with E-state index in [1.54, 1.807) is 0 Å². The Balaban J connectivity index is 0. The first-order chi connectivity index (χ1) is 6.72. The van der Waals surface area contributed by atoms with Crippen molar-refractivity contribution in [3.63, 3.8) is 0 Å². The molecule has 0 aliphatic heterocycles. The lowest BCUT2D eigenvalue weighted by Gasteiger charge is -2.00. The molecule has 0 saturated carbocycles. The minimum absolute atomic E-state index is 0. The third-order valence-corrected chi connectivity index (χ3v) is 1.55. The molecule has 0 saturated heterocycles. The molecule has 0 aliphatic rings. The smallest absolute Gasteiger partial charge is 0.161 e. The summed E-state index contributed by atoms with van der Waals surface area (Å²) >= 11 is 0. The lowest BCUT2D eigenvalue weighted by molar-refractivity contribution is 0.840. The van der Waals surface area contributed by atoms with Gasteiger partial charge in [0.25, 0.3) is 0 Å². The summed E-state index contributed by atoms with van der Waals surface area (Å²) in [5.74, 6) is 0.575. The number of nitrogens with two attached hydrogens (primary N) is 4. The van der Waals surface area contributed by atoms with Gasteiger partial charge in [0.2, 0.25) is 0 Å². The molecule has 0 unspecified atom stereocenters. The Bertz CT molecular complexity index is 181. The largest absolute Gasteiger partial charge is 0.381 e. The Labute approximate surface area is 96.6 Å². The van der Waals surface area contributed by atoms with Crippen molar-refractivity contribution in [2.45, 2.75) is 12.8 Å². The van der Waals surface area contributed by atoms with Crippen LogP contribution in [-0.2, 0) is 0 Å². The van der Waals surface area contributed by atoms with Gasteiger partial charge in [-0.3, -0.25) is 9.98 Å².